The molecule has 0 bridgehead atoms. The van der Waals surface area contributed by atoms with Gasteiger partial charge in [0, 0.05) is 19.0 Å². The largest absolute Gasteiger partial charge is 0.380 e. The van der Waals surface area contributed by atoms with Crippen LogP contribution in [-0.4, -0.2) is 38.0 Å². The van der Waals surface area contributed by atoms with Crippen molar-refractivity contribution in [1.82, 2.24) is 24.7 Å². The Hall–Kier alpha value is -2.32. The zero-order valence-corrected chi connectivity index (χ0v) is 10.9. The van der Waals surface area contributed by atoms with Crippen LogP contribution in [0.1, 0.15) is 18.8 Å². The van der Waals surface area contributed by atoms with Crippen molar-refractivity contribution in [2.45, 2.75) is 13.0 Å². The van der Waals surface area contributed by atoms with Crippen molar-refractivity contribution in [2.75, 3.05) is 13.2 Å². The molecule has 3 heterocycles. The van der Waals surface area contributed by atoms with Crippen molar-refractivity contribution in [3.8, 4) is 11.5 Å². The van der Waals surface area contributed by atoms with Gasteiger partial charge >= 0.3 is 0 Å². The first-order chi connectivity index (χ1) is 9.79. The van der Waals surface area contributed by atoms with Crippen molar-refractivity contribution in [3.05, 3.63) is 30.6 Å². The molecule has 0 aliphatic heterocycles. The molecule has 8 nitrogen and oxygen atoms in total. The molecule has 0 saturated carbocycles. The van der Waals surface area contributed by atoms with Gasteiger partial charge in [-0.05, 0) is 6.92 Å². The van der Waals surface area contributed by atoms with Crippen LogP contribution in [0.15, 0.2) is 29.3 Å². The average Bonchev–Trinajstić information content (AvgIpc) is 3.10. The molecule has 0 spiro atoms. The van der Waals surface area contributed by atoms with Crippen molar-refractivity contribution < 1.29 is 9.26 Å². The minimum absolute atomic E-state index is 0.353. The Morgan fingerprint density at radius 2 is 2.35 bits per heavy atom. The van der Waals surface area contributed by atoms with Crippen molar-refractivity contribution in [1.29, 1.82) is 0 Å². The minimum atomic E-state index is -0.410. The van der Waals surface area contributed by atoms with Crippen LogP contribution in [0.2, 0.25) is 0 Å². The normalized spacial score (nSPS) is 12.9. The topological polar surface area (TPSA) is 104 Å². The fourth-order valence-corrected chi connectivity index (χ4v) is 1.81. The first-order valence-electron chi connectivity index (χ1n) is 6.24. The third-order valence-corrected chi connectivity index (χ3v) is 2.83. The van der Waals surface area contributed by atoms with Gasteiger partial charge in [-0.25, -0.2) is 4.52 Å². The molecular weight excluding hydrogens is 260 g/mol. The Morgan fingerprint density at radius 3 is 3.20 bits per heavy atom. The van der Waals surface area contributed by atoms with Crippen LogP contribution in [0.3, 0.4) is 0 Å². The molecule has 2 N–H and O–H groups in total. The van der Waals surface area contributed by atoms with Crippen LogP contribution in [0.5, 0.6) is 0 Å². The summed E-state index contributed by atoms with van der Waals surface area (Å²) in [5, 5.41) is 8.07. The van der Waals surface area contributed by atoms with Crippen molar-refractivity contribution in [3.63, 3.8) is 0 Å². The molecular formula is C12H14N6O2. The third-order valence-electron chi connectivity index (χ3n) is 2.83. The summed E-state index contributed by atoms with van der Waals surface area (Å²) in [4.78, 5) is 8.35. The number of fused-ring (bicyclic) bond motifs is 1. The van der Waals surface area contributed by atoms with Gasteiger partial charge in [0.2, 0.25) is 0 Å². The number of hydrogen-bond acceptors (Lipinski definition) is 7. The van der Waals surface area contributed by atoms with E-state index in [-0.39, 0.29) is 0 Å². The molecule has 1 atom stereocenters. The standard InChI is InChI=1S/C12H14N6O2/c1-2-19-7-9(13)11-16-12(20-17-11)8-5-15-18-4-3-14-6-10(8)18/h3-6,9H,2,7,13H2,1H3. The summed E-state index contributed by atoms with van der Waals surface area (Å²) in [6.07, 6.45) is 6.74. The highest BCUT2D eigenvalue weighted by atomic mass is 16.5. The summed E-state index contributed by atoms with van der Waals surface area (Å²) in [6, 6.07) is -0.410. The smallest absolute Gasteiger partial charge is 0.261 e. The number of aromatic nitrogens is 5. The first-order valence-corrected chi connectivity index (χ1v) is 6.24. The van der Waals surface area contributed by atoms with E-state index in [9.17, 15) is 0 Å². The van der Waals surface area contributed by atoms with E-state index in [4.69, 9.17) is 15.0 Å². The summed E-state index contributed by atoms with van der Waals surface area (Å²) in [7, 11) is 0. The van der Waals surface area contributed by atoms with Gasteiger partial charge in [-0.1, -0.05) is 5.16 Å². The van der Waals surface area contributed by atoms with Gasteiger partial charge in [0.1, 0.15) is 0 Å². The van der Waals surface area contributed by atoms with Crippen LogP contribution >= 0.6 is 0 Å². The highest BCUT2D eigenvalue weighted by Crippen LogP contribution is 2.22. The van der Waals surface area contributed by atoms with Crippen LogP contribution in [0.4, 0.5) is 0 Å². The Kier molecular flexibility index (Phi) is 3.40. The molecule has 104 valence electrons. The Balaban J connectivity index is 1.90. The van der Waals surface area contributed by atoms with E-state index in [0.717, 1.165) is 11.1 Å². The van der Waals surface area contributed by atoms with E-state index in [1.165, 1.54) is 0 Å². The predicted molar refractivity (Wildman–Crippen MR) is 69.7 cm³/mol. The minimum Gasteiger partial charge on any atom is -0.380 e. The number of nitrogens with two attached hydrogens (primary N) is 1. The third kappa shape index (κ3) is 2.26. The maximum Gasteiger partial charge on any atom is 0.261 e. The fraction of sp³-hybridized carbons (Fsp3) is 0.333. The molecule has 1 unspecified atom stereocenters. The lowest BCUT2D eigenvalue weighted by Gasteiger charge is -2.05. The SMILES string of the molecule is CCOCC(N)c1noc(-c2cnn3ccncc23)n1. The second kappa shape index (κ2) is 5.35. The van der Waals surface area contributed by atoms with E-state index in [1.54, 1.807) is 29.3 Å². The average molecular weight is 274 g/mol. The van der Waals surface area contributed by atoms with E-state index in [0.29, 0.717) is 24.9 Å². The maximum atomic E-state index is 5.92. The van der Waals surface area contributed by atoms with Gasteiger partial charge in [0.05, 0.1) is 36.1 Å². The Labute approximate surface area is 114 Å². The van der Waals surface area contributed by atoms with Gasteiger partial charge in [-0.15, -0.1) is 0 Å². The predicted octanol–water partition coefficient (Wildman–Crippen LogP) is 0.816. The van der Waals surface area contributed by atoms with E-state index < -0.39 is 6.04 Å². The quantitative estimate of drug-likeness (QED) is 0.734. The van der Waals surface area contributed by atoms with Gasteiger partial charge in [-0.3, -0.25) is 4.98 Å². The maximum absolute atomic E-state index is 5.92. The molecule has 3 aromatic heterocycles. The van der Waals surface area contributed by atoms with Gasteiger partial charge in [-0.2, -0.15) is 10.1 Å². The highest BCUT2D eigenvalue weighted by Gasteiger charge is 2.18. The number of hydrogen-bond donors (Lipinski definition) is 1. The van der Waals surface area contributed by atoms with Crippen LogP contribution in [-0.2, 0) is 4.74 Å². The number of ether oxygens (including phenoxy) is 1. The van der Waals surface area contributed by atoms with E-state index in [1.807, 2.05) is 6.92 Å². The van der Waals surface area contributed by atoms with E-state index >= 15 is 0 Å². The van der Waals surface area contributed by atoms with Gasteiger partial charge < -0.3 is 15.0 Å². The fourth-order valence-electron chi connectivity index (χ4n) is 1.81. The van der Waals surface area contributed by atoms with Crippen molar-refractivity contribution in [2.24, 2.45) is 5.73 Å². The molecule has 0 fully saturated rings. The molecule has 0 aromatic carbocycles. The molecule has 0 aliphatic carbocycles. The molecule has 0 amide bonds. The summed E-state index contributed by atoms with van der Waals surface area (Å²) >= 11 is 0. The lowest BCUT2D eigenvalue weighted by Crippen LogP contribution is -2.18. The van der Waals surface area contributed by atoms with Crippen LogP contribution in [0.25, 0.3) is 17.0 Å². The zero-order valence-electron chi connectivity index (χ0n) is 10.9. The second-order valence-electron chi connectivity index (χ2n) is 4.19. The van der Waals surface area contributed by atoms with Gasteiger partial charge in [0.15, 0.2) is 5.82 Å². The molecule has 3 aromatic rings. The summed E-state index contributed by atoms with van der Waals surface area (Å²) in [5.74, 6) is 0.784. The molecule has 20 heavy (non-hydrogen) atoms. The lowest BCUT2D eigenvalue weighted by atomic mass is 10.3. The van der Waals surface area contributed by atoms with Gasteiger partial charge in [0.25, 0.3) is 5.89 Å². The van der Waals surface area contributed by atoms with Crippen molar-refractivity contribution >= 4 is 5.52 Å². The molecule has 3 rings (SSSR count). The monoisotopic (exact) mass is 274 g/mol. The van der Waals surface area contributed by atoms with E-state index in [2.05, 4.69) is 20.2 Å². The number of rotatable bonds is 5. The molecule has 0 saturated heterocycles. The van der Waals surface area contributed by atoms with Crippen LogP contribution < -0.4 is 5.73 Å². The lowest BCUT2D eigenvalue weighted by molar-refractivity contribution is 0.130. The Morgan fingerprint density at radius 1 is 1.45 bits per heavy atom. The highest BCUT2D eigenvalue weighted by molar-refractivity contribution is 5.73. The Bertz CT molecular complexity index is 707. The second-order valence-corrected chi connectivity index (χ2v) is 4.19. The number of nitrogens with zero attached hydrogens (tertiary/aromatic N) is 5. The first kappa shape index (κ1) is 12.7. The molecule has 0 radical (unpaired) electrons. The summed E-state index contributed by atoms with van der Waals surface area (Å²) in [5.41, 5.74) is 7.43. The molecule has 8 heteroatoms. The van der Waals surface area contributed by atoms with Crippen LogP contribution in [0, 0.1) is 0 Å². The molecule has 0 aliphatic rings. The zero-order chi connectivity index (χ0) is 13.9. The summed E-state index contributed by atoms with van der Waals surface area (Å²) in [6.45, 7) is 2.85. The summed E-state index contributed by atoms with van der Waals surface area (Å²) < 4.78 is 12.2.